The second-order valence-electron chi connectivity index (χ2n) is 8.46. The van der Waals surface area contributed by atoms with Gasteiger partial charge in [0, 0.05) is 30.1 Å². The molecule has 1 atom stereocenters. The SMILES string of the molecule is Cc1nn(Cc2ccc(Cl)cc2F)c2c1CCN(C(=O)CN1CCC(CC(=O)O)C1)C2. The maximum atomic E-state index is 14.3. The minimum absolute atomic E-state index is 0.0321. The number of likely N-dealkylation sites (tertiary alicyclic amines) is 1. The average molecular weight is 449 g/mol. The molecule has 0 bridgehead atoms. The molecule has 1 amide bonds. The Morgan fingerprint density at radius 3 is 2.87 bits per heavy atom. The molecule has 0 aliphatic carbocycles. The molecule has 1 aromatic carbocycles. The minimum Gasteiger partial charge on any atom is -0.481 e. The van der Waals surface area contributed by atoms with E-state index in [1.165, 1.54) is 6.07 Å². The standard InChI is InChI=1S/C22H26ClFN4O3/c1-14-18-5-7-27(21(29)13-26-6-4-15(10-26)8-22(30)31)12-20(18)28(25-14)11-16-2-3-17(23)9-19(16)24/h2-3,9,15H,4-8,10-13H2,1H3,(H,30,31). The van der Waals surface area contributed by atoms with Crippen LogP contribution in [0, 0.1) is 18.7 Å². The lowest BCUT2D eigenvalue weighted by atomic mass is 10.0. The highest BCUT2D eigenvalue weighted by Gasteiger charge is 2.30. The largest absolute Gasteiger partial charge is 0.481 e. The van der Waals surface area contributed by atoms with Crippen molar-refractivity contribution in [2.45, 2.75) is 39.3 Å². The predicted octanol–water partition coefficient (Wildman–Crippen LogP) is 2.71. The van der Waals surface area contributed by atoms with Crippen molar-refractivity contribution in [1.82, 2.24) is 19.6 Å². The lowest BCUT2D eigenvalue weighted by Crippen LogP contribution is -2.42. The number of nitrogens with zero attached hydrogens (tertiary/aromatic N) is 4. The van der Waals surface area contributed by atoms with E-state index < -0.39 is 5.97 Å². The molecule has 7 nitrogen and oxygen atoms in total. The van der Waals surface area contributed by atoms with Gasteiger partial charge in [-0.3, -0.25) is 19.2 Å². The number of benzene rings is 1. The van der Waals surface area contributed by atoms with E-state index in [-0.39, 0.29) is 30.6 Å². The van der Waals surface area contributed by atoms with Gasteiger partial charge in [0.2, 0.25) is 5.91 Å². The number of hydrogen-bond acceptors (Lipinski definition) is 4. The maximum Gasteiger partial charge on any atom is 0.303 e. The van der Waals surface area contributed by atoms with Crippen LogP contribution >= 0.6 is 11.6 Å². The Hall–Kier alpha value is -2.45. The van der Waals surface area contributed by atoms with Crippen LogP contribution in [0.5, 0.6) is 0 Å². The number of rotatable bonds is 6. The molecule has 1 aromatic heterocycles. The van der Waals surface area contributed by atoms with Crippen molar-refractivity contribution in [3.8, 4) is 0 Å². The number of fused-ring (bicyclic) bond motifs is 1. The topological polar surface area (TPSA) is 78.7 Å². The molecule has 2 aliphatic rings. The van der Waals surface area contributed by atoms with Crippen LogP contribution in [0.3, 0.4) is 0 Å². The van der Waals surface area contributed by atoms with E-state index in [0.717, 1.165) is 36.3 Å². The zero-order valence-corrected chi connectivity index (χ0v) is 18.2. The molecule has 3 heterocycles. The lowest BCUT2D eigenvalue weighted by Gasteiger charge is -2.29. The monoisotopic (exact) mass is 448 g/mol. The molecule has 2 aromatic rings. The van der Waals surface area contributed by atoms with Gasteiger partial charge in [0.05, 0.1) is 31.0 Å². The first-order valence-corrected chi connectivity index (χ1v) is 10.9. The van der Waals surface area contributed by atoms with Crippen LogP contribution in [0.25, 0.3) is 0 Å². The number of carboxylic acids is 1. The van der Waals surface area contributed by atoms with Gasteiger partial charge in [0.1, 0.15) is 5.82 Å². The number of carboxylic acid groups (broad SMARTS) is 1. The van der Waals surface area contributed by atoms with Crippen molar-refractivity contribution in [2.75, 3.05) is 26.2 Å². The molecule has 1 saturated heterocycles. The predicted molar refractivity (Wildman–Crippen MR) is 113 cm³/mol. The normalized spacial score (nSPS) is 18.9. The van der Waals surface area contributed by atoms with Crippen molar-refractivity contribution in [3.05, 3.63) is 51.6 Å². The molecule has 166 valence electrons. The number of halogens is 2. The van der Waals surface area contributed by atoms with E-state index in [4.69, 9.17) is 16.7 Å². The summed E-state index contributed by atoms with van der Waals surface area (Å²) < 4.78 is 16.1. The average Bonchev–Trinajstić information content (AvgIpc) is 3.27. The van der Waals surface area contributed by atoms with Gasteiger partial charge >= 0.3 is 5.97 Å². The molecule has 4 rings (SSSR count). The van der Waals surface area contributed by atoms with Gasteiger partial charge < -0.3 is 10.0 Å². The Labute approximate surface area is 185 Å². The third kappa shape index (κ3) is 4.91. The van der Waals surface area contributed by atoms with E-state index >= 15 is 0 Å². The van der Waals surface area contributed by atoms with Gasteiger partial charge in [-0.05, 0) is 49.9 Å². The molecular weight excluding hydrogens is 423 g/mol. The number of aliphatic carboxylic acids is 1. The molecule has 1 N–H and O–H groups in total. The van der Waals surface area contributed by atoms with Crippen LogP contribution in [0.2, 0.25) is 5.02 Å². The Bertz CT molecular complexity index is 1010. The van der Waals surface area contributed by atoms with Crippen LogP contribution in [0.1, 0.15) is 35.4 Å². The molecule has 1 fully saturated rings. The first-order chi connectivity index (χ1) is 14.8. The van der Waals surface area contributed by atoms with Gasteiger partial charge in [0.15, 0.2) is 0 Å². The van der Waals surface area contributed by atoms with E-state index in [1.807, 2.05) is 16.7 Å². The third-order valence-corrected chi connectivity index (χ3v) is 6.45. The summed E-state index contributed by atoms with van der Waals surface area (Å²) in [5.41, 5.74) is 3.48. The van der Waals surface area contributed by atoms with E-state index in [9.17, 15) is 14.0 Å². The quantitative estimate of drug-likeness (QED) is 0.735. The number of aromatic nitrogens is 2. The Balaban J connectivity index is 1.43. The number of amides is 1. The number of carbonyl (C=O) groups excluding carboxylic acids is 1. The maximum absolute atomic E-state index is 14.3. The second-order valence-corrected chi connectivity index (χ2v) is 8.89. The number of carbonyl (C=O) groups is 2. The summed E-state index contributed by atoms with van der Waals surface area (Å²) in [4.78, 5) is 27.7. The summed E-state index contributed by atoms with van der Waals surface area (Å²) in [5, 5.41) is 13.9. The molecule has 31 heavy (non-hydrogen) atoms. The van der Waals surface area contributed by atoms with Gasteiger partial charge in [-0.15, -0.1) is 0 Å². The highest BCUT2D eigenvalue weighted by atomic mass is 35.5. The summed E-state index contributed by atoms with van der Waals surface area (Å²) in [6, 6.07) is 4.61. The fourth-order valence-corrected chi connectivity index (χ4v) is 4.75. The highest BCUT2D eigenvalue weighted by molar-refractivity contribution is 6.30. The molecule has 9 heteroatoms. The van der Waals surface area contributed by atoms with Crippen LogP contribution < -0.4 is 0 Å². The summed E-state index contributed by atoms with van der Waals surface area (Å²) in [7, 11) is 0. The van der Waals surface area contributed by atoms with Crippen molar-refractivity contribution in [3.63, 3.8) is 0 Å². The van der Waals surface area contributed by atoms with Crippen molar-refractivity contribution in [2.24, 2.45) is 5.92 Å². The van der Waals surface area contributed by atoms with Crippen LogP contribution in [-0.4, -0.2) is 62.7 Å². The Morgan fingerprint density at radius 2 is 2.13 bits per heavy atom. The van der Waals surface area contributed by atoms with Gasteiger partial charge in [-0.1, -0.05) is 17.7 Å². The number of aryl methyl sites for hydroxylation is 1. The van der Waals surface area contributed by atoms with Gasteiger partial charge in [0.25, 0.3) is 0 Å². The zero-order valence-electron chi connectivity index (χ0n) is 17.5. The smallest absolute Gasteiger partial charge is 0.303 e. The fraction of sp³-hybridized carbons (Fsp3) is 0.500. The lowest BCUT2D eigenvalue weighted by molar-refractivity contribution is -0.138. The molecule has 1 unspecified atom stereocenters. The third-order valence-electron chi connectivity index (χ3n) is 6.22. The molecular formula is C22H26ClFN4O3. The molecule has 2 aliphatic heterocycles. The van der Waals surface area contributed by atoms with Crippen molar-refractivity contribution in [1.29, 1.82) is 0 Å². The minimum atomic E-state index is -0.789. The molecule has 0 spiro atoms. The number of hydrogen-bond donors (Lipinski definition) is 1. The van der Waals surface area contributed by atoms with Crippen molar-refractivity contribution >= 4 is 23.5 Å². The highest BCUT2D eigenvalue weighted by Crippen LogP contribution is 2.25. The zero-order chi connectivity index (χ0) is 22.1. The first kappa shape index (κ1) is 21.8. The van der Waals surface area contributed by atoms with Crippen LogP contribution in [0.4, 0.5) is 4.39 Å². The van der Waals surface area contributed by atoms with Crippen LogP contribution in [0.15, 0.2) is 18.2 Å². The summed E-state index contributed by atoms with van der Waals surface area (Å²) in [6.07, 6.45) is 1.68. The van der Waals surface area contributed by atoms with Crippen LogP contribution in [-0.2, 0) is 29.1 Å². The van der Waals surface area contributed by atoms with Gasteiger partial charge in [-0.2, -0.15) is 5.10 Å². The second kappa shape index (κ2) is 8.96. The molecule has 0 radical (unpaired) electrons. The summed E-state index contributed by atoms with van der Waals surface area (Å²) >= 11 is 5.86. The van der Waals surface area contributed by atoms with Crippen molar-refractivity contribution < 1.29 is 19.1 Å². The molecule has 0 saturated carbocycles. The fourth-order valence-electron chi connectivity index (χ4n) is 4.59. The van der Waals surface area contributed by atoms with E-state index in [0.29, 0.717) is 36.8 Å². The Morgan fingerprint density at radius 1 is 1.32 bits per heavy atom. The van der Waals surface area contributed by atoms with E-state index in [2.05, 4.69) is 5.10 Å². The van der Waals surface area contributed by atoms with Gasteiger partial charge in [-0.25, -0.2) is 4.39 Å². The Kier molecular flexibility index (Phi) is 6.29. The summed E-state index contributed by atoms with van der Waals surface area (Å²) in [5.74, 6) is -1.02. The summed E-state index contributed by atoms with van der Waals surface area (Å²) in [6.45, 7) is 4.97. The van der Waals surface area contributed by atoms with E-state index in [1.54, 1.807) is 16.8 Å². The first-order valence-electron chi connectivity index (χ1n) is 10.5.